The van der Waals surface area contributed by atoms with Gasteiger partial charge >= 0.3 is 0 Å². The molecule has 1 aliphatic heterocycles. The summed E-state index contributed by atoms with van der Waals surface area (Å²) >= 11 is 0. The van der Waals surface area contributed by atoms with Gasteiger partial charge in [0.05, 0.1) is 18.1 Å². The summed E-state index contributed by atoms with van der Waals surface area (Å²) in [6.07, 6.45) is 1.27. The Morgan fingerprint density at radius 2 is 1.33 bits per heavy atom. The molecule has 0 N–H and O–H groups in total. The summed E-state index contributed by atoms with van der Waals surface area (Å²) in [5.74, 6) is 0.576. The minimum Gasteiger partial charge on any atom is -0.496 e. The lowest BCUT2D eigenvalue weighted by molar-refractivity contribution is 0.203. The van der Waals surface area contributed by atoms with Crippen LogP contribution in [0.4, 0.5) is 0 Å². The number of methoxy groups -OCH3 is 1. The third-order valence-corrected chi connectivity index (χ3v) is 6.68. The molecule has 154 valence electrons. The van der Waals surface area contributed by atoms with Gasteiger partial charge in [0, 0.05) is 24.9 Å². The van der Waals surface area contributed by atoms with Crippen LogP contribution in [0.15, 0.2) is 90.5 Å². The van der Waals surface area contributed by atoms with E-state index in [-0.39, 0.29) is 6.04 Å². The normalized spacial score (nSPS) is 14.4. The molecule has 0 saturated carbocycles. The van der Waals surface area contributed by atoms with Gasteiger partial charge in [-0.1, -0.05) is 72.8 Å². The molecule has 1 saturated heterocycles. The Kier molecular flexibility index (Phi) is 5.75. The molecule has 5 heteroatoms. The standard InChI is InChI=1S/C25H25NO3S/c1-29-23-16-10-9-15-22(23)25(30(2,27)28)21-17-26(18-21)24(19-11-5-3-6-12-19)20-13-7-4-8-14-20/h3-16,24H,17-18H2,1-2H3. The number of sulfone groups is 1. The Morgan fingerprint density at radius 3 is 1.83 bits per heavy atom. The maximum absolute atomic E-state index is 12.7. The smallest absolute Gasteiger partial charge is 0.176 e. The van der Waals surface area contributed by atoms with Crippen molar-refractivity contribution < 1.29 is 13.2 Å². The van der Waals surface area contributed by atoms with Gasteiger partial charge in [0.15, 0.2) is 9.84 Å². The van der Waals surface area contributed by atoms with Crippen molar-refractivity contribution in [2.45, 2.75) is 6.04 Å². The number of ether oxygens (including phenoxy) is 1. The SMILES string of the molecule is COc1ccccc1C(=C1CN(C(c2ccccc2)c2ccccc2)C1)S(C)(=O)=O. The van der Waals surface area contributed by atoms with E-state index in [4.69, 9.17) is 4.74 Å². The molecular weight excluding hydrogens is 394 g/mol. The molecule has 4 rings (SSSR count). The third-order valence-electron chi connectivity index (χ3n) is 5.43. The number of rotatable bonds is 6. The monoisotopic (exact) mass is 419 g/mol. The second-order valence-electron chi connectivity index (χ2n) is 7.53. The van der Waals surface area contributed by atoms with Gasteiger partial charge < -0.3 is 4.74 Å². The number of nitrogens with zero attached hydrogens (tertiary/aromatic N) is 1. The molecule has 0 aromatic heterocycles. The number of likely N-dealkylation sites (tertiary alicyclic amines) is 1. The average molecular weight is 420 g/mol. The Bertz CT molecular complexity index is 1110. The zero-order chi connectivity index (χ0) is 21.1. The highest BCUT2D eigenvalue weighted by Crippen LogP contribution is 2.39. The Hall–Kier alpha value is -2.89. The zero-order valence-corrected chi connectivity index (χ0v) is 18.0. The maximum Gasteiger partial charge on any atom is 0.176 e. The van der Waals surface area contributed by atoms with E-state index in [1.165, 1.54) is 17.4 Å². The van der Waals surface area contributed by atoms with Gasteiger partial charge in [0.25, 0.3) is 0 Å². The minimum absolute atomic E-state index is 0.0784. The van der Waals surface area contributed by atoms with Crippen LogP contribution in [0, 0.1) is 0 Å². The number of hydrogen-bond acceptors (Lipinski definition) is 4. The van der Waals surface area contributed by atoms with E-state index >= 15 is 0 Å². The van der Waals surface area contributed by atoms with Crippen molar-refractivity contribution in [1.82, 2.24) is 4.90 Å². The van der Waals surface area contributed by atoms with Crippen molar-refractivity contribution in [3.05, 3.63) is 107 Å². The first-order valence-electron chi connectivity index (χ1n) is 9.88. The molecule has 0 radical (unpaired) electrons. The van der Waals surface area contributed by atoms with Gasteiger partial charge in [-0.15, -0.1) is 0 Å². The fourth-order valence-corrected chi connectivity index (χ4v) is 5.36. The molecule has 0 aliphatic carbocycles. The predicted octanol–water partition coefficient (Wildman–Crippen LogP) is 4.56. The number of para-hydroxylation sites is 1. The van der Waals surface area contributed by atoms with Crippen LogP contribution in [0.1, 0.15) is 22.7 Å². The molecule has 3 aromatic carbocycles. The van der Waals surface area contributed by atoms with Crippen LogP contribution >= 0.6 is 0 Å². The Labute approximate surface area is 178 Å². The molecule has 1 heterocycles. The van der Waals surface area contributed by atoms with Crippen molar-refractivity contribution in [2.75, 3.05) is 26.5 Å². The van der Waals surface area contributed by atoms with Crippen molar-refractivity contribution in [3.63, 3.8) is 0 Å². The summed E-state index contributed by atoms with van der Waals surface area (Å²) in [4.78, 5) is 2.69. The summed E-state index contributed by atoms with van der Waals surface area (Å²) in [6.45, 7) is 1.18. The number of hydrogen-bond donors (Lipinski definition) is 0. The van der Waals surface area contributed by atoms with E-state index in [0.717, 1.165) is 5.57 Å². The van der Waals surface area contributed by atoms with Gasteiger partial charge in [-0.05, 0) is 28.8 Å². The lowest BCUT2D eigenvalue weighted by atomic mass is 9.92. The summed E-state index contributed by atoms with van der Waals surface area (Å²) in [5.41, 5.74) is 3.94. The van der Waals surface area contributed by atoms with Crippen LogP contribution in [-0.4, -0.2) is 39.8 Å². The van der Waals surface area contributed by atoms with E-state index < -0.39 is 9.84 Å². The zero-order valence-electron chi connectivity index (χ0n) is 17.2. The fraction of sp³-hybridized carbons (Fsp3) is 0.200. The van der Waals surface area contributed by atoms with Gasteiger partial charge in [-0.25, -0.2) is 8.42 Å². The lowest BCUT2D eigenvalue weighted by Gasteiger charge is -2.42. The molecule has 1 fully saturated rings. The topological polar surface area (TPSA) is 46.6 Å². The Balaban J connectivity index is 1.73. The van der Waals surface area contributed by atoms with Crippen LogP contribution < -0.4 is 4.74 Å². The third kappa shape index (κ3) is 4.04. The molecule has 30 heavy (non-hydrogen) atoms. The maximum atomic E-state index is 12.7. The van der Waals surface area contributed by atoms with Crippen LogP contribution in [0.5, 0.6) is 5.75 Å². The molecule has 0 bridgehead atoms. The first kappa shape index (κ1) is 20.4. The van der Waals surface area contributed by atoms with Gasteiger partial charge in [0.1, 0.15) is 5.75 Å². The molecule has 0 amide bonds. The molecule has 4 nitrogen and oxygen atoms in total. The molecule has 0 atom stereocenters. The second kappa shape index (κ2) is 8.46. The van der Waals surface area contributed by atoms with Crippen LogP contribution in [0.2, 0.25) is 0 Å². The van der Waals surface area contributed by atoms with Gasteiger partial charge in [-0.2, -0.15) is 0 Å². The highest BCUT2D eigenvalue weighted by atomic mass is 32.2. The molecule has 0 spiro atoms. The predicted molar refractivity (Wildman–Crippen MR) is 121 cm³/mol. The summed E-state index contributed by atoms with van der Waals surface area (Å²) in [7, 11) is -1.85. The van der Waals surface area contributed by atoms with E-state index in [0.29, 0.717) is 29.3 Å². The molecular formula is C25H25NO3S. The summed E-state index contributed by atoms with van der Waals surface area (Å²) in [6, 6.07) is 28.1. The fourth-order valence-electron chi connectivity index (χ4n) is 4.14. The molecule has 0 unspecified atom stereocenters. The minimum atomic E-state index is -3.42. The lowest BCUT2D eigenvalue weighted by Crippen LogP contribution is -2.44. The van der Waals surface area contributed by atoms with Crippen LogP contribution in [0.25, 0.3) is 4.91 Å². The van der Waals surface area contributed by atoms with Crippen molar-refractivity contribution in [1.29, 1.82) is 0 Å². The first-order chi connectivity index (χ1) is 14.5. The summed E-state index contributed by atoms with van der Waals surface area (Å²) in [5, 5.41) is 0. The second-order valence-corrected chi connectivity index (χ2v) is 9.49. The van der Waals surface area contributed by atoms with E-state index in [1.807, 2.05) is 54.6 Å². The molecule has 1 aliphatic rings. The highest BCUT2D eigenvalue weighted by Gasteiger charge is 2.35. The first-order valence-corrected chi connectivity index (χ1v) is 11.8. The highest BCUT2D eigenvalue weighted by molar-refractivity contribution is 8.00. The molecule has 3 aromatic rings. The Morgan fingerprint density at radius 1 is 0.833 bits per heavy atom. The number of benzene rings is 3. The van der Waals surface area contributed by atoms with E-state index in [2.05, 4.69) is 29.2 Å². The van der Waals surface area contributed by atoms with Gasteiger partial charge in [-0.3, -0.25) is 4.90 Å². The largest absolute Gasteiger partial charge is 0.496 e. The van der Waals surface area contributed by atoms with E-state index in [1.54, 1.807) is 13.2 Å². The summed E-state index contributed by atoms with van der Waals surface area (Å²) < 4.78 is 30.9. The van der Waals surface area contributed by atoms with Crippen molar-refractivity contribution >= 4 is 14.7 Å². The van der Waals surface area contributed by atoms with Crippen molar-refractivity contribution in [3.8, 4) is 5.75 Å². The van der Waals surface area contributed by atoms with Crippen LogP contribution in [0.3, 0.4) is 0 Å². The van der Waals surface area contributed by atoms with Crippen LogP contribution in [-0.2, 0) is 9.84 Å². The van der Waals surface area contributed by atoms with Crippen molar-refractivity contribution in [2.24, 2.45) is 0 Å². The van der Waals surface area contributed by atoms with Gasteiger partial charge in [0.2, 0.25) is 0 Å². The average Bonchev–Trinajstić information content (AvgIpc) is 2.73. The van der Waals surface area contributed by atoms with E-state index in [9.17, 15) is 8.42 Å². The quantitative estimate of drug-likeness (QED) is 0.588.